The van der Waals surface area contributed by atoms with Gasteiger partial charge in [0.1, 0.15) is 22.3 Å². The molecule has 0 unspecified atom stereocenters. The van der Waals surface area contributed by atoms with Crippen molar-refractivity contribution in [2.75, 3.05) is 0 Å². The maximum atomic E-state index is 6.48. The molecule has 282 valence electrons. The van der Waals surface area contributed by atoms with Crippen LogP contribution in [0.4, 0.5) is 0 Å². The summed E-state index contributed by atoms with van der Waals surface area (Å²) in [7, 11) is 0. The Morgan fingerprint density at radius 3 is 1.88 bits per heavy atom. The minimum Gasteiger partial charge on any atom is -0.456 e. The number of thiophene rings is 1. The van der Waals surface area contributed by atoms with Crippen molar-refractivity contribution >= 4 is 115 Å². The molecule has 3 aromatic heterocycles. The van der Waals surface area contributed by atoms with Crippen LogP contribution in [0.15, 0.2) is 185 Å². The van der Waals surface area contributed by atoms with E-state index < -0.39 is 0 Å². The van der Waals surface area contributed by atoms with Gasteiger partial charge in [-0.05, 0) is 115 Å². The van der Waals surface area contributed by atoms with Crippen molar-refractivity contribution < 1.29 is 8.83 Å². The van der Waals surface area contributed by atoms with Gasteiger partial charge in [0, 0.05) is 53.5 Å². The number of hydrogen-bond donors (Lipinski definition) is 0. The number of nitrogens with zero attached hydrogens (tertiary/aromatic N) is 1. The van der Waals surface area contributed by atoms with Gasteiger partial charge in [-0.3, -0.25) is 4.99 Å². The fourth-order valence-electron chi connectivity index (χ4n) is 9.36. The summed E-state index contributed by atoms with van der Waals surface area (Å²) in [6, 6.07) is 56.2. The largest absolute Gasteiger partial charge is 0.456 e. The predicted octanol–water partition coefficient (Wildman–Crippen LogP) is 16.4. The van der Waals surface area contributed by atoms with E-state index in [1.807, 2.05) is 41.8 Å². The molecule has 0 N–H and O–H groups in total. The fraction of sp³-hybridized carbons (Fsp3) is 0.0179. The first kappa shape index (κ1) is 34.5. The highest BCUT2D eigenvalue weighted by atomic mass is 32.1. The summed E-state index contributed by atoms with van der Waals surface area (Å²) in [5.74, 6) is 0. The van der Waals surface area contributed by atoms with Crippen molar-refractivity contribution in [2.45, 2.75) is 6.54 Å². The monoisotopic (exact) mass is 785 g/mol. The van der Waals surface area contributed by atoms with E-state index in [0.717, 1.165) is 77.3 Å². The number of rotatable bonds is 7. The van der Waals surface area contributed by atoms with Crippen LogP contribution in [-0.4, -0.2) is 6.21 Å². The van der Waals surface area contributed by atoms with Crippen LogP contribution in [0.2, 0.25) is 0 Å². The molecule has 0 bridgehead atoms. The Kier molecular flexibility index (Phi) is 7.78. The third-order valence-electron chi connectivity index (χ3n) is 12.1. The third-order valence-corrected chi connectivity index (χ3v) is 13.3. The lowest BCUT2D eigenvalue weighted by molar-refractivity contribution is 0.669. The Hall–Kier alpha value is -7.53. The molecule has 12 rings (SSSR count). The second-order valence-electron chi connectivity index (χ2n) is 15.5. The molecule has 3 heterocycles. The summed E-state index contributed by atoms with van der Waals surface area (Å²) < 4.78 is 15.5. The first-order chi connectivity index (χ1) is 29.6. The molecule has 0 aliphatic carbocycles. The van der Waals surface area contributed by atoms with E-state index in [0.29, 0.717) is 6.54 Å². The second-order valence-corrected chi connectivity index (χ2v) is 16.5. The van der Waals surface area contributed by atoms with Crippen molar-refractivity contribution in [3.05, 3.63) is 193 Å². The minimum atomic E-state index is 0.545. The SMILES string of the molecule is C=Cc1c(C=C)c2ccc(CN=Cc3cccc4oc5ccc(-c6cccc7oc8ccc(-c9ccc%10c(c9)sc9ccccc9%10)cc8c67)cc5c34)cc2c2ccccc12. The third kappa shape index (κ3) is 5.31. The standard InChI is InChI=1S/C56H35NO2S/c1-3-38-39(4-2)43-23-19-33(27-46(43)42-13-6-5-12-41(38)42)31-57-32-37-11-9-16-51-55(37)47-29-36(22-26-49(47)58-51)40-15-10-17-52-56(40)48-28-34(21-25-50(48)59-52)35-20-24-45-44-14-7-8-18-53(44)60-54(45)30-35/h3-30,32H,1-2,31H2. The highest BCUT2D eigenvalue weighted by Crippen LogP contribution is 2.42. The van der Waals surface area contributed by atoms with Gasteiger partial charge in [0.15, 0.2) is 0 Å². The molecule has 0 aliphatic heterocycles. The van der Waals surface area contributed by atoms with E-state index in [-0.39, 0.29) is 0 Å². The van der Waals surface area contributed by atoms with Gasteiger partial charge in [0.25, 0.3) is 0 Å². The van der Waals surface area contributed by atoms with Crippen molar-refractivity contribution in [1.29, 1.82) is 0 Å². The van der Waals surface area contributed by atoms with E-state index in [2.05, 4.69) is 159 Å². The van der Waals surface area contributed by atoms with Crippen LogP contribution in [0, 0.1) is 0 Å². The first-order valence-electron chi connectivity index (χ1n) is 20.2. The zero-order valence-electron chi connectivity index (χ0n) is 32.5. The molecule has 0 saturated heterocycles. The number of aliphatic imine (C=N–C) groups is 1. The Morgan fingerprint density at radius 2 is 1.07 bits per heavy atom. The van der Waals surface area contributed by atoms with Crippen LogP contribution in [-0.2, 0) is 6.54 Å². The number of benzene rings is 9. The lowest BCUT2D eigenvalue weighted by Crippen LogP contribution is -1.91. The number of furan rings is 2. The van der Waals surface area contributed by atoms with Crippen molar-refractivity contribution in [1.82, 2.24) is 0 Å². The van der Waals surface area contributed by atoms with Crippen molar-refractivity contribution in [3.63, 3.8) is 0 Å². The zero-order chi connectivity index (χ0) is 39.9. The Balaban J connectivity index is 0.926. The van der Waals surface area contributed by atoms with Crippen LogP contribution in [0.25, 0.3) is 120 Å². The maximum absolute atomic E-state index is 6.48. The van der Waals surface area contributed by atoms with Gasteiger partial charge in [0.2, 0.25) is 0 Å². The molecular formula is C56H35NO2S. The molecule has 0 radical (unpaired) electrons. The van der Waals surface area contributed by atoms with Crippen molar-refractivity contribution in [3.8, 4) is 22.3 Å². The summed E-state index contributed by atoms with van der Waals surface area (Å²) in [6.45, 7) is 8.79. The normalized spacial score (nSPS) is 12.1. The van der Waals surface area contributed by atoms with Crippen molar-refractivity contribution in [2.24, 2.45) is 4.99 Å². The average molecular weight is 786 g/mol. The summed E-state index contributed by atoms with van der Waals surface area (Å²) in [6.07, 6.45) is 5.86. The molecule has 9 aromatic carbocycles. The average Bonchev–Trinajstić information content (AvgIpc) is 3.99. The molecule has 0 fully saturated rings. The topological polar surface area (TPSA) is 38.6 Å². The maximum Gasteiger partial charge on any atom is 0.136 e. The summed E-state index contributed by atoms with van der Waals surface area (Å²) in [5.41, 5.74) is 12.4. The minimum absolute atomic E-state index is 0.545. The molecule has 60 heavy (non-hydrogen) atoms. The second kappa shape index (κ2) is 13.5. The summed E-state index contributed by atoms with van der Waals surface area (Å²) in [5, 5.41) is 11.7. The fourth-order valence-corrected chi connectivity index (χ4v) is 10.5. The van der Waals surface area contributed by atoms with Gasteiger partial charge in [0.05, 0.1) is 6.54 Å². The summed E-state index contributed by atoms with van der Waals surface area (Å²) in [4.78, 5) is 5.01. The molecular weight excluding hydrogens is 751 g/mol. The molecule has 0 saturated carbocycles. The van der Waals surface area contributed by atoms with E-state index in [1.54, 1.807) is 0 Å². The zero-order valence-corrected chi connectivity index (χ0v) is 33.4. The van der Waals surface area contributed by atoms with Gasteiger partial charge < -0.3 is 8.83 Å². The van der Waals surface area contributed by atoms with Gasteiger partial charge >= 0.3 is 0 Å². The van der Waals surface area contributed by atoms with Gasteiger partial charge in [-0.15, -0.1) is 11.3 Å². The Morgan fingerprint density at radius 1 is 0.450 bits per heavy atom. The van der Waals surface area contributed by atoms with Crippen LogP contribution in [0.3, 0.4) is 0 Å². The highest BCUT2D eigenvalue weighted by molar-refractivity contribution is 7.25. The van der Waals surface area contributed by atoms with E-state index >= 15 is 0 Å². The van der Waals surface area contributed by atoms with Gasteiger partial charge in [-0.1, -0.05) is 128 Å². The van der Waals surface area contributed by atoms with E-state index in [1.165, 1.54) is 52.8 Å². The van der Waals surface area contributed by atoms with Crippen LogP contribution in [0.1, 0.15) is 22.3 Å². The molecule has 0 aliphatic rings. The van der Waals surface area contributed by atoms with Crippen LogP contribution in [0.5, 0.6) is 0 Å². The lowest BCUT2D eigenvalue weighted by atomic mass is 9.90. The predicted molar refractivity (Wildman–Crippen MR) is 258 cm³/mol. The molecule has 12 aromatic rings. The lowest BCUT2D eigenvalue weighted by Gasteiger charge is -2.13. The van der Waals surface area contributed by atoms with Crippen LogP contribution >= 0.6 is 11.3 Å². The number of fused-ring (bicyclic) bond motifs is 12. The molecule has 0 atom stereocenters. The Labute approximate surface area is 349 Å². The molecule has 0 amide bonds. The summed E-state index contributed by atoms with van der Waals surface area (Å²) >= 11 is 1.85. The van der Waals surface area contributed by atoms with Crippen LogP contribution < -0.4 is 0 Å². The van der Waals surface area contributed by atoms with E-state index in [9.17, 15) is 0 Å². The number of hydrogen-bond acceptors (Lipinski definition) is 4. The molecule has 3 nitrogen and oxygen atoms in total. The first-order valence-corrected chi connectivity index (χ1v) is 21.0. The molecule has 0 spiro atoms. The smallest absolute Gasteiger partial charge is 0.136 e. The highest BCUT2D eigenvalue weighted by Gasteiger charge is 2.17. The Bertz CT molecular complexity index is 3800. The van der Waals surface area contributed by atoms with E-state index in [4.69, 9.17) is 13.8 Å². The molecule has 4 heteroatoms. The van der Waals surface area contributed by atoms with Gasteiger partial charge in [-0.25, -0.2) is 0 Å². The van der Waals surface area contributed by atoms with Gasteiger partial charge in [-0.2, -0.15) is 0 Å². The quantitative estimate of drug-likeness (QED) is 0.119.